The molecule has 0 aromatic heterocycles. The third-order valence-electron chi connectivity index (χ3n) is 8.51. The molecule has 0 aromatic carbocycles. The number of rotatable bonds is 5. The zero-order chi connectivity index (χ0) is 28.7. The van der Waals surface area contributed by atoms with Gasteiger partial charge in [0, 0.05) is 35.7 Å². The first kappa shape index (κ1) is 27.6. The Labute approximate surface area is 236 Å². The van der Waals surface area contributed by atoms with Gasteiger partial charge in [0.1, 0.15) is 0 Å². The predicted octanol–water partition coefficient (Wildman–Crippen LogP) is 6.88. The number of fused-ring (bicyclic) bond motifs is 5. The van der Waals surface area contributed by atoms with Crippen LogP contribution in [0.15, 0.2) is 107 Å². The summed E-state index contributed by atoms with van der Waals surface area (Å²) in [5.41, 5.74) is 13.5. The lowest BCUT2D eigenvalue weighted by atomic mass is 9.86. The zero-order valence-electron chi connectivity index (χ0n) is 24.5. The first-order valence-electron chi connectivity index (χ1n) is 14.1. The summed E-state index contributed by atoms with van der Waals surface area (Å²) in [5, 5.41) is 13.9. The highest BCUT2D eigenvalue weighted by atomic mass is 16.5. The molecule has 5 aliphatic rings. The van der Waals surface area contributed by atoms with E-state index in [9.17, 15) is 9.90 Å². The molecule has 8 bridgehead atoms. The summed E-state index contributed by atoms with van der Waals surface area (Å²) >= 11 is 0. The second kappa shape index (κ2) is 10.9. The number of allylic oxidation sites excluding steroid dienone is 12. The third-order valence-corrected chi connectivity index (χ3v) is 8.51. The van der Waals surface area contributed by atoms with Crippen LogP contribution >= 0.6 is 0 Å². The summed E-state index contributed by atoms with van der Waals surface area (Å²) in [5.74, 6) is 0.149. The van der Waals surface area contributed by atoms with Gasteiger partial charge in [-0.05, 0) is 99.1 Å². The minimum Gasteiger partial charge on any atom is -0.515 e. The van der Waals surface area contributed by atoms with Crippen molar-refractivity contribution in [2.45, 2.75) is 67.7 Å². The highest BCUT2D eigenvalue weighted by Crippen LogP contribution is 2.41. The standard InChI is InChI=1S/C33H38N4O3/c1-8-23-18(3)29-15-32-25(16-38)20(5)28(36-32)14-30-19(4)24(10-9-11-40-22(7)39)33(37-30)21(6)27-12-17(2)26(34-27)13-31(23)35-29/h12-16,19,24,37-38H,8-11H2,1-7H3/t19-,24-/m0/s1. The monoisotopic (exact) mass is 538 g/mol. The van der Waals surface area contributed by atoms with Crippen LogP contribution in [0.2, 0.25) is 0 Å². The highest BCUT2D eigenvalue weighted by molar-refractivity contribution is 6.18. The maximum atomic E-state index is 11.3. The number of aliphatic hydroxyl groups is 1. The van der Waals surface area contributed by atoms with Gasteiger partial charge in [0.2, 0.25) is 0 Å². The van der Waals surface area contributed by atoms with Crippen LogP contribution in [0.4, 0.5) is 0 Å². The number of aliphatic hydroxyl groups excluding tert-OH is 1. The minimum absolute atomic E-state index is 0.193. The number of hydrogen-bond acceptors (Lipinski definition) is 7. The second-order valence-corrected chi connectivity index (χ2v) is 11.0. The van der Waals surface area contributed by atoms with E-state index in [1.165, 1.54) is 12.5 Å². The average Bonchev–Trinajstić information content (AvgIpc) is 3.61. The topological polar surface area (TPSA) is 95.6 Å². The van der Waals surface area contributed by atoms with E-state index in [-0.39, 0.29) is 17.8 Å². The van der Waals surface area contributed by atoms with E-state index in [1.54, 1.807) is 0 Å². The van der Waals surface area contributed by atoms with Crippen molar-refractivity contribution < 1.29 is 14.6 Å². The quantitative estimate of drug-likeness (QED) is 0.227. The molecule has 0 unspecified atom stereocenters. The van der Waals surface area contributed by atoms with E-state index >= 15 is 0 Å². The van der Waals surface area contributed by atoms with Gasteiger partial charge < -0.3 is 15.2 Å². The molecule has 7 nitrogen and oxygen atoms in total. The SMILES string of the molecule is CCC1=C(C)C2=CC3=NC(=C(C)C3=CO)C=C3NC(=C(C)C4=NC(=CC1=N2)C(C)=C4)[C@@H](CCCOC(C)=O)[C@@H]3C. The van der Waals surface area contributed by atoms with Crippen LogP contribution in [0.25, 0.3) is 0 Å². The Kier molecular flexibility index (Phi) is 7.49. The molecular weight excluding hydrogens is 500 g/mol. The molecule has 7 heteroatoms. The molecule has 0 amide bonds. The minimum atomic E-state index is -0.252. The average molecular weight is 539 g/mol. The van der Waals surface area contributed by atoms with Crippen LogP contribution in [0, 0.1) is 11.8 Å². The van der Waals surface area contributed by atoms with E-state index in [2.05, 4.69) is 58.2 Å². The van der Waals surface area contributed by atoms with E-state index in [0.29, 0.717) is 17.9 Å². The van der Waals surface area contributed by atoms with Gasteiger partial charge in [0.25, 0.3) is 0 Å². The third kappa shape index (κ3) is 4.89. The number of hydrogen-bond donors (Lipinski definition) is 2. The fraction of sp³-hybridized carbons (Fsp3) is 0.394. The van der Waals surface area contributed by atoms with Gasteiger partial charge in [0.05, 0.1) is 47.1 Å². The molecule has 0 aliphatic carbocycles. The summed E-state index contributed by atoms with van der Waals surface area (Å²) < 4.78 is 5.23. The van der Waals surface area contributed by atoms with Crippen molar-refractivity contribution in [3.05, 3.63) is 92.5 Å². The number of nitrogens with one attached hydrogen (secondary N) is 1. The van der Waals surface area contributed by atoms with Crippen LogP contribution in [0.1, 0.15) is 67.7 Å². The number of ether oxygens (including phenoxy) is 1. The van der Waals surface area contributed by atoms with Crippen LogP contribution < -0.4 is 5.32 Å². The Bertz CT molecular complexity index is 1530. The van der Waals surface area contributed by atoms with E-state index in [1.807, 2.05) is 13.0 Å². The number of carbonyl (C=O) groups is 1. The van der Waals surface area contributed by atoms with Crippen molar-refractivity contribution in [2.75, 3.05) is 6.61 Å². The molecule has 5 aliphatic heterocycles. The lowest BCUT2D eigenvalue weighted by molar-refractivity contribution is -0.141. The fourth-order valence-corrected chi connectivity index (χ4v) is 6.04. The van der Waals surface area contributed by atoms with Crippen LogP contribution in [0.5, 0.6) is 0 Å². The lowest BCUT2D eigenvalue weighted by Gasteiger charge is -2.17. The Morgan fingerprint density at radius 3 is 2.40 bits per heavy atom. The predicted molar refractivity (Wildman–Crippen MR) is 161 cm³/mol. The van der Waals surface area contributed by atoms with Crippen molar-refractivity contribution in [2.24, 2.45) is 26.8 Å². The molecule has 1 fully saturated rings. The molecule has 208 valence electrons. The molecule has 5 rings (SSSR count). The summed E-state index contributed by atoms with van der Waals surface area (Å²) in [6.07, 6.45) is 12.0. The van der Waals surface area contributed by atoms with Gasteiger partial charge in [-0.2, -0.15) is 0 Å². The van der Waals surface area contributed by atoms with Gasteiger partial charge in [-0.1, -0.05) is 13.8 Å². The van der Waals surface area contributed by atoms with Crippen molar-refractivity contribution in [3.63, 3.8) is 0 Å². The molecule has 0 saturated carbocycles. The Hall–Kier alpha value is -4.00. The maximum Gasteiger partial charge on any atom is 0.302 e. The van der Waals surface area contributed by atoms with Crippen LogP contribution in [-0.2, 0) is 9.53 Å². The van der Waals surface area contributed by atoms with Gasteiger partial charge in [-0.25, -0.2) is 15.0 Å². The fourth-order valence-electron chi connectivity index (χ4n) is 6.04. The molecule has 0 radical (unpaired) electrons. The largest absolute Gasteiger partial charge is 0.515 e. The van der Waals surface area contributed by atoms with E-state index in [4.69, 9.17) is 19.7 Å². The zero-order valence-corrected chi connectivity index (χ0v) is 24.5. The Morgan fingerprint density at radius 1 is 0.975 bits per heavy atom. The van der Waals surface area contributed by atoms with Crippen molar-refractivity contribution in [1.82, 2.24) is 5.32 Å². The molecule has 0 spiro atoms. The van der Waals surface area contributed by atoms with Gasteiger partial charge in [-0.15, -0.1) is 0 Å². The van der Waals surface area contributed by atoms with Crippen molar-refractivity contribution in [1.29, 1.82) is 0 Å². The lowest BCUT2D eigenvalue weighted by Crippen LogP contribution is -2.14. The number of aliphatic imine (C=N–C) groups is 3. The van der Waals surface area contributed by atoms with Gasteiger partial charge in [0.15, 0.2) is 0 Å². The molecule has 0 aromatic rings. The van der Waals surface area contributed by atoms with E-state index < -0.39 is 0 Å². The first-order valence-corrected chi connectivity index (χ1v) is 14.1. The Morgan fingerprint density at radius 2 is 1.70 bits per heavy atom. The summed E-state index contributed by atoms with van der Waals surface area (Å²) in [6.45, 7) is 14.5. The smallest absolute Gasteiger partial charge is 0.302 e. The summed E-state index contributed by atoms with van der Waals surface area (Å²) in [6, 6.07) is 0. The van der Waals surface area contributed by atoms with E-state index in [0.717, 1.165) is 87.7 Å². The van der Waals surface area contributed by atoms with Crippen LogP contribution in [-0.4, -0.2) is 34.8 Å². The molecule has 5 heterocycles. The van der Waals surface area contributed by atoms with Crippen LogP contribution in [0.3, 0.4) is 0 Å². The van der Waals surface area contributed by atoms with Crippen molar-refractivity contribution in [3.8, 4) is 0 Å². The highest BCUT2D eigenvalue weighted by Gasteiger charge is 2.35. The molecular formula is C33H38N4O3. The maximum absolute atomic E-state index is 11.3. The summed E-state index contributed by atoms with van der Waals surface area (Å²) in [4.78, 5) is 26.3. The molecule has 40 heavy (non-hydrogen) atoms. The van der Waals surface area contributed by atoms with Crippen molar-refractivity contribution >= 4 is 23.1 Å². The normalized spacial score (nSPS) is 25.0. The van der Waals surface area contributed by atoms with Gasteiger partial charge >= 0.3 is 5.97 Å². The first-order chi connectivity index (χ1) is 19.1. The molecule has 1 saturated heterocycles. The number of nitrogens with zero attached hydrogens (tertiary/aromatic N) is 3. The van der Waals surface area contributed by atoms with Gasteiger partial charge in [-0.3, -0.25) is 4.79 Å². The molecule has 2 N–H and O–H groups in total. The number of carbonyl (C=O) groups excluding carboxylic acids is 1. The molecule has 2 atom stereocenters. The Balaban J connectivity index is 1.68. The summed E-state index contributed by atoms with van der Waals surface area (Å²) in [7, 11) is 0. The second-order valence-electron chi connectivity index (χ2n) is 11.0. The number of esters is 1.